The van der Waals surface area contributed by atoms with Crippen LogP contribution in [-0.2, 0) is 31.1 Å². The first-order valence-corrected chi connectivity index (χ1v) is 13.7. The highest BCUT2D eigenvalue weighted by atomic mass is 16.2. The fourth-order valence-electron chi connectivity index (χ4n) is 7.12. The molecule has 0 bridgehead atoms. The molecule has 3 aliphatic rings. The van der Waals surface area contributed by atoms with Crippen LogP contribution in [0.3, 0.4) is 0 Å². The van der Waals surface area contributed by atoms with E-state index in [0.29, 0.717) is 29.0 Å². The fourth-order valence-corrected chi connectivity index (χ4v) is 7.12. The number of imide groups is 1. The number of aromatic amines is 1. The highest BCUT2D eigenvalue weighted by molar-refractivity contribution is 6.26. The van der Waals surface area contributed by atoms with Gasteiger partial charge in [0.1, 0.15) is 5.54 Å². The van der Waals surface area contributed by atoms with Gasteiger partial charge in [0.05, 0.1) is 17.5 Å². The molecule has 4 N–H and O–H groups in total. The zero-order valence-corrected chi connectivity index (χ0v) is 22.9. The molecule has 0 unspecified atom stereocenters. The number of aryl methyl sites for hydroxylation is 2. The zero-order valence-electron chi connectivity index (χ0n) is 22.9. The minimum absolute atomic E-state index is 0.217. The minimum atomic E-state index is -1.38. The second kappa shape index (κ2) is 8.87. The third kappa shape index (κ3) is 3.58. The highest BCUT2D eigenvalue weighted by Gasteiger charge is 2.70. The predicted molar refractivity (Wildman–Crippen MR) is 155 cm³/mol. The summed E-state index contributed by atoms with van der Waals surface area (Å²) in [6.45, 7) is 5.31. The minimum Gasteiger partial charge on any atom is -0.361 e. The lowest BCUT2D eigenvalue weighted by molar-refractivity contribution is -0.130. The number of carbonyl (C=O) groups is 4. The molecule has 2 saturated heterocycles. The van der Waals surface area contributed by atoms with E-state index < -0.39 is 29.3 Å². The van der Waals surface area contributed by atoms with Crippen molar-refractivity contribution in [2.24, 2.45) is 11.8 Å². The van der Waals surface area contributed by atoms with Gasteiger partial charge in [0.15, 0.2) is 0 Å². The molecular formula is C32H29N5O4. The molecule has 2 fully saturated rings. The van der Waals surface area contributed by atoms with Gasteiger partial charge in [0, 0.05) is 47.0 Å². The Labute approximate surface area is 236 Å². The second-order valence-electron chi connectivity index (χ2n) is 11.3. The molecule has 4 atom stereocenters. The van der Waals surface area contributed by atoms with E-state index in [-0.39, 0.29) is 17.7 Å². The van der Waals surface area contributed by atoms with E-state index in [1.165, 1.54) is 11.8 Å². The summed E-state index contributed by atoms with van der Waals surface area (Å²) in [5.41, 5.74) is 4.85. The number of hydrogen-bond acceptors (Lipinski definition) is 5. The van der Waals surface area contributed by atoms with Crippen molar-refractivity contribution in [3.63, 3.8) is 0 Å². The molecule has 3 aromatic carbocycles. The van der Waals surface area contributed by atoms with Gasteiger partial charge in [-0.2, -0.15) is 0 Å². The average Bonchev–Trinajstić information content (AvgIpc) is 3.64. The summed E-state index contributed by atoms with van der Waals surface area (Å²) in [5, 5.41) is 10.3. The Balaban J connectivity index is 1.35. The molecule has 206 valence electrons. The van der Waals surface area contributed by atoms with Crippen molar-refractivity contribution in [1.82, 2.24) is 10.3 Å². The van der Waals surface area contributed by atoms with Gasteiger partial charge >= 0.3 is 0 Å². The van der Waals surface area contributed by atoms with Crippen molar-refractivity contribution in [3.8, 4) is 0 Å². The number of carbonyl (C=O) groups excluding carboxylic acids is 4. The first-order chi connectivity index (χ1) is 19.7. The van der Waals surface area contributed by atoms with Gasteiger partial charge < -0.3 is 15.6 Å². The maximum atomic E-state index is 14.3. The number of hydrogen-bond donors (Lipinski definition) is 4. The Morgan fingerprint density at radius 1 is 1.00 bits per heavy atom. The molecule has 4 heterocycles. The number of benzene rings is 3. The van der Waals surface area contributed by atoms with E-state index in [1.807, 2.05) is 56.4 Å². The summed E-state index contributed by atoms with van der Waals surface area (Å²) < 4.78 is 0. The monoisotopic (exact) mass is 547 g/mol. The van der Waals surface area contributed by atoms with Gasteiger partial charge in [-0.1, -0.05) is 35.9 Å². The first-order valence-electron chi connectivity index (χ1n) is 13.7. The Morgan fingerprint density at radius 3 is 2.51 bits per heavy atom. The average molecular weight is 548 g/mol. The molecule has 0 aliphatic carbocycles. The van der Waals surface area contributed by atoms with Crippen molar-refractivity contribution >= 4 is 51.6 Å². The van der Waals surface area contributed by atoms with Crippen LogP contribution in [0.5, 0.6) is 0 Å². The summed E-state index contributed by atoms with van der Waals surface area (Å²) in [6, 6.07) is 18.0. The summed E-state index contributed by atoms with van der Waals surface area (Å²) in [7, 11) is 0. The summed E-state index contributed by atoms with van der Waals surface area (Å²) in [5.74, 6) is -2.98. The molecule has 7 rings (SSSR count). The molecule has 1 aromatic heterocycles. The lowest BCUT2D eigenvalue weighted by atomic mass is 9.75. The highest BCUT2D eigenvalue weighted by Crippen LogP contribution is 2.54. The van der Waals surface area contributed by atoms with Gasteiger partial charge in [-0.3, -0.25) is 24.5 Å². The Kier molecular flexibility index (Phi) is 5.46. The maximum Gasteiger partial charge on any atom is 0.250 e. The molecule has 3 aliphatic heterocycles. The molecule has 1 spiro atoms. The van der Waals surface area contributed by atoms with Crippen LogP contribution in [0.1, 0.15) is 29.2 Å². The third-order valence-corrected chi connectivity index (χ3v) is 8.73. The molecule has 41 heavy (non-hydrogen) atoms. The zero-order chi connectivity index (χ0) is 28.6. The normalized spacial score (nSPS) is 24.7. The molecule has 0 saturated carbocycles. The maximum absolute atomic E-state index is 14.3. The van der Waals surface area contributed by atoms with Crippen LogP contribution in [0, 0.1) is 25.7 Å². The van der Waals surface area contributed by atoms with E-state index in [0.717, 1.165) is 27.6 Å². The van der Waals surface area contributed by atoms with Gasteiger partial charge in [-0.25, -0.2) is 4.90 Å². The molecule has 4 amide bonds. The molecule has 0 radical (unpaired) electrons. The number of nitrogens with one attached hydrogen (secondary N) is 4. The predicted octanol–water partition coefficient (Wildman–Crippen LogP) is 3.91. The van der Waals surface area contributed by atoms with Crippen LogP contribution in [0.4, 0.5) is 17.1 Å². The quantitative estimate of drug-likeness (QED) is 0.289. The Bertz CT molecular complexity index is 1790. The van der Waals surface area contributed by atoms with Crippen molar-refractivity contribution < 1.29 is 19.2 Å². The number of nitrogens with zero attached hydrogens (tertiary/aromatic N) is 1. The second-order valence-corrected chi connectivity index (χ2v) is 11.3. The van der Waals surface area contributed by atoms with Gasteiger partial charge in [0.25, 0.3) is 0 Å². The summed E-state index contributed by atoms with van der Waals surface area (Å²) >= 11 is 0. The lowest BCUT2D eigenvalue weighted by Crippen LogP contribution is -2.53. The molecule has 4 aromatic rings. The molecular weight excluding hydrogens is 518 g/mol. The largest absolute Gasteiger partial charge is 0.361 e. The molecule has 9 nitrogen and oxygen atoms in total. The lowest BCUT2D eigenvalue weighted by Gasteiger charge is -2.30. The van der Waals surface area contributed by atoms with Crippen LogP contribution < -0.4 is 20.9 Å². The number of aromatic nitrogens is 1. The number of anilines is 3. The van der Waals surface area contributed by atoms with Crippen LogP contribution in [0.2, 0.25) is 0 Å². The van der Waals surface area contributed by atoms with Gasteiger partial charge in [-0.15, -0.1) is 0 Å². The topological polar surface area (TPSA) is 123 Å². The SMILES string of the molecule is CC(=O)Nc1ccc(N2C(=O)[C@@H]3[C@H](Cc4c[nH]c5ccccc45)N[C@]4(C(=O)Nc5c(C)cc(C)cc54)[C@@H]3C2=O)cc1. The van der Waals surface area contributed by atoms with Crippen molar-refractivity contribution in [2.45, 2.75) is 38.8 Å². The summed E-state index contributed by atoms with van der Waals surface area (Å²) in [6.07, 6.45) is 2.39. The Hall–Kier alpha value is -4.76. The number of amides is 4. The number of para-hydroxylation sites is 1. The van der Waals surface area contributed by atoms with Crippen LogP contribution >= 0.6 is 0 Å². The molecule has 9 heteroatoms. The smallest absolute Gasteiger partial charge is 0.250 e. The first kappa shape index (κ1) is 25.2. The van der Waals surface area contributed by atoms with Crippen LogP contribution in [0.25, 0.3) is 10.9 Å². The van der Waals surface area contributed by atoms with Gasteiger partial charge in [0.2, 0.25) is 23.6 Å². The van der Waals surface area contributed by atoms with E-state index in [2.05, 4.69) is 20.9 Å². The number of fused-ring (bicyclic) bond motifs is 5. The van der Waals surface area contributed by atoms with Crippen molar-refractivity contribution in [1.29, 1.82) is 0 Å². The van der Waals surface area contributed by atoms with E-state index in [1.54, 1.807) is 24.3 Å². The van der Waals surface area contributed by atoms with Crippen molar-refractivity contribution in [3.05, 3.63) is 89.1 Å². The third-order valence-electron chi connectivity index (χ3n) is 8.73. The fraction of sp³-hybridized carbons (Fsp3) is 0.250. The van der Waals surface area contributed by atoms with Crippen molar-refractivity contribution in [2.75, 3.05) is 15.5 Å². The van der Waals surface area contributed by atoms with Crippen LogP contribution in [0.15, 0.2) is 66.9 Å². The number of H-pyrrole nitrogens is 1. The summed E-state index contributed by atoms with van der Waals surface area (Å²) in [4.78, 5) is 58.5. The van der Waals surface area contributed by atoms with Crippen LogP contribution in [-0.4, -0.2) is 34.7 Å². The standard InChI is InChI=1S/C32H29N5O4/c1-16-12-17(2)28-23(13-16)32(31(41)35-28)27-26(25(36-32)14-19-15-33-24-7-5-4-6-22(19)24)29(39)37(30(27)40)21-10-8-20(9-11-21)34-18(3)38/h4-13,15,25-27,33,36H,14H2,1-3H3,(H,34,38)(H,35,41)/t25-,26+,27-,32-/m0/s1. The van der Waals surface area contributed by atoms with Gasteiger partial charge in [-0.05, 0) is 61.7 Å². The Morgan fingerprint density at radius 2 is 1.76 bits per heavy atom. The number of rotatable bonds is 4. The van der Waals surface area contributed by atoms with E-state index in [4.69, 9.17) is 0 Å². The van der Waals surface area contributed by atoms with E-state index in [9.17, 15) is 19.2 Å². The van der Waals surface area contributed by atoms with E-state index >= 15 is 0 Å².